The van der Waals surface area contributed by atoms with Crippen LogP contribution >= 0.6 is 22.9 Å². The first-order chi connectivity index (χ1) is 8.16. The van der Waals surface area contributed by atoms with E-state index in [-0.39, 0.29) is 5.75 Å². The molecular weight excluding hydrogens is 254 g/mol. The number of aromatic hydroxyl groups is 1. The Morgan fingerprint density at radius 3 is 2.71 bits per heavy atom. The van der Waals surface area contributed by atoms with Gasteiger partial charge in [-0.15, -0.1) is 11.3 Å². The van der Waals surface area contributed by atoms with E-state index in [1.165, 1.54) is 9.75 Å². The number of aryl methyl sites for hydroxylation is 1. The zero-order valence-corrected chi connectivity index (χ0v) is 11.1. The highest BCUT2D eigenvalue weighted by Crippen LogP contribution is 2.25. The molecule has 0 saturated carbocycles. The molecule has 1 aromatic carbocycles. The number of hydrogen-bond acceptors (Lipinski definition) is 3. The second-order valence-corrected chi connectivity index (χ2v) is 5.63. The van der Waals surface area contributed by atoms with Gasteiger partial charge in [-0.1, -0.05) is 17.7 Å². The van der Waals surface area contributed by atoms with Crippen LogP contribution in [0.15, 0.2) is 30.3 Å². The van der Waals surface area contributed by atoms with Crippen molar-refractivity contribution >= 4 is 22.9 Å². The first-order valence-corrected chi connectivity index (χ1v) is 6.58. The summed E-state index contributed by atoms with van der Waals surface area (Å²) in [4.78, 5) is 2.59. The highest BCUT2D eigenvalue weighted by molar-refractivity contribution is 7.11. The highest BCUT2D eigenvalue weighted by Gasteiger charge is 2.05. The molecule has 0 amide bonds. The fourth-order valence-electron chi connectivity index (χ4n) is 1.61. The largest absolute Gasteiger partial charge is 0.508 e. The lowest BCUT2D eigenvalue weighted by Gasteiger charge is -2.07. The Morgan fingerprint density at radius 1 is 1.24 bits per heavy atom. The minimum Gasteiger partial charge on any atom is -0.508 e. The molecule has 0 radical (unpaired) electrons. The van der Waals surface area contributed by atoms with Gasteiger partial charge in [-0.2, -0.15) is 0 Å². The number of benzene rings is 1. The summed E-state index contributed by atoms with van der Waals surface area (Å²) in [6, 6.07) is 9.39. The summed E-state index contributed by atoms with van der Waals surface area (Å²) in [5, 5.41) is 13.5. The van der Waals surface area contributed by atoms with Gasteiger partial charge in [0.25, 0.3) is 0 Å². The monoisotopic (exact) mass is 267 g/mol. The molecule has 0 aliphatic heterocycles. The van der Waals surface area contributed by atoms with E-state index < -0.39 is 0 Å². The lowest BCUT2D eigenvalue weighted by Crippen LogP contribution is -2.12. The van der Waals surface area contributed by atoms with Crippen LogP contribution in [0.25, 0.3) is 0 Å². The zero-order valence-electron chi connectivity index (χ0n) is 9.53. The molecule has 0 saturated heterocycles. The lowest BCUT2D eigenvalue weighted by atomic mass is 10.2. The van der Waals surface area contributed by atoms with Crippen LogP contribution in [-0.2, 0) is 13.1 Å². The van der Waals surface area contributed by atoms with Crippen molar-refractivity contribution in [3.05, 3.63) is 50.7 Å². The summed E-state index contributed by atoms with van der Waals surface area (Å²) in [6.07, 6.45) is 0. The van der Waals surface area contributed by atoms with E-state index in [9.17, 15) is 5.11 Å². The number of nitrogens with one attached hydrogen (secondary N) is 1. The van der Waals surface area contributed by atoms with Gasteiger partial charge in [-0.3, -0.25) is 0 Å². The van der Waals surface area contributed by atoms with Crippen LogP contribution < -0.4 is 5.32 Å². The maximum atomic E-state index is 9.67. The average Bonchev–Trinajstić information content (AvgIpc) is 2.69. The zero-order chi connectivity index (χ0) is 12.3. The fourth-order valence-corrected chi connectivity index (χ4v) is 2.71. The van der Waals surface area contributed by atoms with Crippen molar-refractivity contribution in [1.82, 2.24) is 5.32 Å². The number of rotatable bonds is 4. The molecule has 4 heteroatoms. The first kappa shape index (κ1) is 12.4. The maximum Gasteiger partial charge on any atom is 0.121 e. The van der Waals surface area contributed by atoms with Crippen LogP contribution in [0, 0.1) is 6.92 Å². The molecule has 1 aromatic heterocycles. The third-order valence-corrected chi connectivity index (χ3v) is 3.85. The normalized spacial score (nSPS) is 10.7. The molecule has 2 nitrogen and oxygen atoms in total. The van der Waals surface area contributed by atoms with Crippen molar-refractivity contribution in [3.8, 4) is 5.75 Å². The van der Waals surface area contributed by atoms with Gasteiger partial charge >= 0.3 is 0 Å². The van der Waals surface area contributed by atoms with Crippen LogP contribution in [0.2, 0.25) is 5.02 Å². The predicted octanol–water partition coefficient (Wildman–Crippen LogP) is 3.71. The summed E-state index contributed by atoms with van der Waals surface area (Å²) in [6.45, 7) is 3.46. The smallest absolute Gasteiger partial charge is 0.121 e. The van der Waals surface area contributed by atoms with Crippen molar-refractivity contribution in [2.45, 2.75) is 20.0 Å². The second kappa shape index (κ2) is 5.54. The van der Waals surface area contributed by atoms with E-state index in [2.05, 4.69) is 24.4 Å². The molecule has 0 aliphatic rings. The minimum absolute atomic E-state index is 0.243. The van der Waals surface area contributed by atoms with Crippen molar-refractivity contribution < 1.29 is 5.11 Å². The third kappa shape index (κ3) is 3.22. The molecule has 2 N–H and O–H groups in total. The number of phenolic OH excluding ortho intramolecular Hbond substituents is 1. The van der Waals surface area contributed by atoms with Gasteiger partial charge in [0.05, 0.1) is 0 Å². The van der Waals surface area contributed by atoms with E-state index in [1.807, 2.05) is 0 Å². The first-order valence-electron chi connectivity index (χ1n) is 5.39. The number of phenols is 1. The summed E-state index contributed by atoms with van der Waals surface area (Å²) >= 11 is 7.79. The van der Waals surface area contributed by atoms with E-state index in [0.29, 0.717) is 11.6 Å². The summed E-state index contributed by atoms with van der Waals surface area (Å²) < 4.78 is 0. The molecule has 2 aromatic rings. The summed E-state index contributed by atoms with van der Waals surface area (Å²) in [7, 11) is 0. The average molecular weight is 268 g/mol. The van der Waals surface area contributed by atoms with Gasteiger partial charge < -0.3 is 10.4 Å². The molecule has 0 bridgehead atoms. The topological polar surface area (TPSA) is 32.3 Å². The molecule has 0 fully saturated rings. The Bertz CT molecular complexity index is 490. The SMILES string of the molecule is Cc1ccc(CNCc2c(O)cccc2Cl)s1. The summed E-state index contributed by atoms with van der Waals surface area (Å²) in [5.74, 6) is 0.243. The van der Waals surface area contributed by atoms with Crippen molar-refractivity contribution in [3.63, 3.8) is 0 Å². The highest BCUT2D eigenvalue weighted by atomic mass is 35.5. The Balaban J connectivity index is 1.94. The molecule has 2 rings (SSSR count). The number of thiophene rings is 1. The Morgan fingerprint density at radius 2 is 2.06 bits per heavy atom. The number of halogens is 1. The maximum absolute atomic E-state index is 9.67. The molecule has 0 spiro atoms. The Labute approximate surface area is 110 Å². The summed E-state index contributed by atoms with van der Waals surface area (Å²) in [5.41, 5.74) is 0.752. The molecule has 90 valence electrons. The lowest BCUT2D eigenvalue weighted by molar-refractivity contribution is 0.464. The third-order valence-electron chi connectivity index (χ3n) is 2.49. The van der Waals surface area contributed by atoms with Gasteiger partial charge in [-0.25, -0.2) is 0 Å². The van der Waals surface area contributed by atoms with Crippen molar-refractivity contribution in [2.75, 3.05) is 0 Å². The molecular formula is C13H14ClNOS. The minimum atomic E-state index is 0.243. The van der Waals surface area contributed by atoms with Gasteiger partial charge in [0.15, 0.2) is 0 Å². The van der Waals surface area contributed by atoms with Crippen LogP contribution in [0.4, 0.5) is 0 Å². The molecule has 0 atom stereocenters. The Hall–Kier alpha value is -1.03. The van der Waals surface area contributed by atoms with Gasteiger partial charge in [0.1, 0.15) is 5.75 Å². The van der Waals surface area contributed by atoms with E-state index in [4.69, 9.17) is 11.6 Å². The van der Waals surface area contributed by atoms with Gasteiger partial charge in [0, 0.05) is 33.4 Å². The van der Waals surface area contributed by atoms with Crippen LogP contribution in [-0.4, -0.2) is 5.11 Å². The van der Waals surface area contributed by atoms with E-state index in [0.717, 1.165) is 12.1 Å². The number of hydrogen-bond donors (Lipinski definition) is 2. The molecule has 17 heavy (non-hydrogen) atoms. The standard InChI is InChI=1S/C13H14ClNOS/c1-9-5-6-10(17-9)7-15-8-11-12(14)3-2-4-13(11)16/h2-6,15-16H,7-8H2,1H3. The van der Waals surface area contributed by atoms with Crippen molar-refractivity contribution in [1.29, 1.82) is 0 Å². The Kier molecular flexibility index (Phi) is 4.05. The van der Waals surface area contributed by atoms with Crippen LogP contribution in [0.5, 0.6) is 5.75 Å². The second-order valence-electron chi connectivity index (χ2n) is 3.85. The van der Waals surface area contributed by atoms with Gasteiger partial charge in [-0.05, 0) is 31.2 Å². The molecule has 0 aliphatic carbocycles. The quantitative estimate of drug-likeness (QED) is 0.885. The van der Waals surface area contributed by atoms with E-state index >= 15 is 0 Å². The molecule has 0 unspecified atom stereocenters. The van der Waals surface area contributed by atoms with Crippen molar-refractivity contribution in [2.24, 2.45) is 0 Å². The van der Waals surface area contributed by atoms with Gasteiger partial charge in [0.2, 0.25) is 0 Å². The molecule has 1 heterocycles. The predicted molar refractivity (Wildman–Crippen MR) is 72.7 cm³/mol. The van der Waals surface area contributed by atoms with Crippen LogP contribution in [0.1, 0.15) is 15.3 Å². The van der Waals surface area contributed by atoms with E-state index in [1.54, 1.807) is 29.5 Å². The van der Waals surface area contributed by atoms with Crippen LogP contribution in [0.3, 0.4) is 0 Å². The fraction of sp³-hybridized carbons (Fsp3) is 0.231.